The summed E-state index contributed by atoms with van der Waals surface area (Å²) in [4.78, 5) is 26.0. The molecule has 2 N–H and O–H groups in total. The van der Waals surface area contributed by atoms with Crippen LogP contribution < -0.4 is 10.6 Å². The number of amides is 2. The molecule has 0 bridgehead atoms. The van der Waals surface area contributed by atoms with Crippen LogP contribution in [0.25, 0.3) is 10.6 Å². The minimum Gasteiger partial charge on any atom is -0.340 e. The smallest absolute Gasteiger partial charge is 0.251 e. The Labute approximate surface area is 200 Å². The van der Waals surface area contributed by atoms with Gasteiger partial charge in [0.25, 0.3) is 5.91 Å². The zero-order valence-electron chi connectivity index (χ0n) is 18.5. The number of halogens is 1. The van der Waals surface area contributed by atoms with Crippen molar-refractivity contribution in [3.05, 3.63) is 101 Å². The zero-order chi connectivity index (χ0) is 23.9. The molecule has 34 heavy (non-hydrogen) atoms. The van der Waals surface area contributed by atoms with Gasteiger partial charge in [-0.15, -0.1) is 10.2 Å². The van der Waals surface area contributed by atoms with Gasteiger partial charge in [0.2, 0.25) is 11.0 Å². The third-order valence-electron chi connectivity index (χ3n) is 5.28. The summed E-state index contributed by atoms with van der Waals surface area (Å²) < 4.78 is 13.2. The van der Waals surface area contributed by atoms with Gasteiger partial charge in [0, 0.05) is 17.5 Å². The Morgan fingerprint density at radius 1 is 0.912 bits per heavy atom. The molecule has 0 aliphatic rings. The third-order valence-corrected chi connectivity index (χ3v) is 6.16. The summed E-state index contributed by atoms with van der Waals surface area (Å²) in [5.74, 6) is -1.07. The number of carbonyl (C=O) groups excluding carboxylic acids is 2. The molecule has 0 saturated carbocycles. The molecule has 8 heteroatoms. The van der Waals surface area contributed by atoms with Crippen LogP contribution in [0.4, 0.5) is 9.52 Å². The molecule has 0 saturated heterocycles. The van der Waals surface area contributed by atoms with Gasteiger partial charge in [0.15, 0.2) is 0 Å². The first-order chi connectivity index (χ1) is 16.5. The quantitative estimate of drug-likeness (QED) is 0.381. The normalized spacial score (nSPS) is 11.6. The van der Waals surface area contributed by atoms with Crippen LogP contribution in [0.5, 0.6) is 0 Å². The van der Waals surface area contributed by atoms with Gasteiger partial charge in [-0.2, -0.15) is 0 Å². The summed E-state index contributed by atoms with van der Waals surface area (Å²) in [6, 6.07) is 21.8. The predicted molar refractivity (Wildman–Crippen MR) is 131 cm³/mol. The monoisotopic (exact) mass is 474 g/mol. The largest absolute Gasteiger partial charge is 0.340 e. The van der Waals surface area contributed by atoms with Crippen LogP contribution in [0, 0.1) is 5.82 Å². The standard InChI is InChI=1S/C26H23FN4O2S/c1-2-17-8-10-19(11-9-17)23(32)28-22(16-18-6-4-3-5-7-18)24(33)29-26-31-30-25(34-26)20-12-14-21(27)15-13-20/h3-15,22H,2,16H2,1H3,(H,28,32)(H,29,31,33)/t22-/m0/s1. The van der Waals surface area contributed by atoms with Crippen LogP contribution >= 0.6 is 11.3 Å². The van der Waals surface area contributed by atoms with Gasteiger partial charge in [-0.25, -0.2) is 4.39 Å². The molecule has 4 rings (SSSR count). The van der Waals surface area contributed by atoms with Crippen LogP contribution in [-0.2, 0) is 17.6 Å². The molecule has 1 atom stereocenters. The number of nitrogens with zero attached hydrogens (tertiary/aromatic N) is 2. The molecule has 0 radical (unpaired) electrons. The van der Waals surface area contributed by atoms with Crippen molar-refractivity contribution in [1.82, 2.24) is 15.5 Å². The fraction of sp³-hybridized carbons (Fsp3) is 0.154. The molecule has 4 aromatic rings. The highest BCUT2D eigenvalue weighted by molar-refractivity contribution is 7.18. The second kappa shape index (κ2) is 10.8. The number of hydrogen-bond donors (Lipinski definition) is 2. The lowest BCUT2D eigenvalue weighted by Gasteiger charge is -2.18. The van der Waals surface area contributed by atoms with E-state index in [-0.39, 0.29) is 11.7 Å². The van der Waals surface area contributed by atoms with Gasteiger partial charge in [-0.3, -0.25) is 14.9 Å². The zero-order valence-corrected chi connectivity index (χ0v) is 19.3. The fourth-order valence-corrected chi connectivity index (χ4v) is 4.12. The highest BCUT2D eigenvalue weighted by Gasteiger charge is 2.23. The molecule has 1 heterocycles. The summed E-state index contributed by atoms with van der Waals surface area (Å²) in [5.41, 5.74) is 3.22. The molecule has 0 aliphatic heterocycles. The van der Waals surface area contributed by atoms with E-state index < -0.39 is 11.9 Å². The molecular formula is C26H23FN4O2S. The average Bonchev–Trinajstić information content (AvgIpc) is 3.33. The van der Waals surface area contributed by atoms with Crippen LogP contribution in [0.3, 0.4) is 0 Å². The minimum atomic E-state index is -0.820. The maximum absolute atomic E-state index is 13.2. The molecule has 6 nitrogen and oxygen atoms in total. The Hall–Kier alpha value is -3.91. The van der Waals surface area contributed by atoms with Gasteiger partial charge >= 0.3 is 0 Å². The number of carbonyl (C=O) groups is 2. The summed E-state index contributed by atoms with van der Waals surface area (Å²) in [6.45, 7) is 2.05. The number of benzene rings is 3. The van der Waals surface area contributed by atoms with Gasteiger partial charge in [-0.1, -0.05) is 60.7 Å². The van der Waals surface area contributed by atoms with Gasteiger partial charge in [-0.05, 0) is 53.9 Å². The Morgan fingerprint density at radius 3 is 2.29 bits per heavy atom. The number of aryl methyl sites for hydroxylation is 1. The Bertz CT molecular complexity index is 1260. The molecule has 1 aromatic heterocycles. The van der Waals surface area contributed by atoms with Crippen molar-refractivity contribution in [2.24, 2.45) is 0 Å². The SMILES string of the molecule is CCc1ccc(C(=O)N[C@@H](Cc2ccccc2)C(=O)Nc2nnc(-c3ccc(F)cc3)s2)cc1. The minimum absolute atomic E-state index is 0.295. The summed E-state index contributed by atoms with van der Waals surface area (Å²) in [7, 11) is 0. The lowest BCUT2D eigenvalue weighted by atomic mass is 10.0. The maximum atomic E-state index is 13.2. The number of rotatable bonds is 8. The maximum Gasteiger partial charge on any atom is 0.251 e. The van der Waals surface area contributed by atoms with Crippen molar-refractivity contribution in [3.8, 4) is 10.6 Å². The molecule has 0 unspecified atom stereocenters. The first-order valence-electron chi connectivity index (χ1n) is 10.9. The van der Waals surface area contributed by atoms with Crippen molar-refractivity contribution in [1.29, 1.82) is 0 Å². The summed E-state index contributed by atoms with van der Waals surface area (Å²) >= 11 is 1.17. The number of nitrogens with one attached hydrogen (secondary N) is 2. The number of aromatic nitrogens is 2. The van der Waals surface area contributed by atoms with Gasteiger partial charge < -0.3 is 5.32 Å². The van der Waals surface area contributed by atoms with Crippen LogP contribution in [0.15, 0.2) is 78.9 Å². The van der Waals surface area contributed by atoms with Gasteiger partial charge in [0.1, 0.15) is 16.9 Å². The lowest BCUT2D eigenvalue weighted by molar-refractivity contribution is -0.118. The van der Waals surface area contributed by atoms with E-state index in [1.807, 2.05) is 49.4 Å². The first kappa shape index (κ1) is 23.3. The Balaban J connectivity index is 1.50. The molecule has 0 spiro atoms. The molecule has 0 fully saturated rings. The van der Waals surface area contributed by atoms with E-state index in [9.17, 15) is 14.0 Å². The fourth-order valence-electron chi connectivity index (χ4n) is 3.37. The predicted octanol–water partition coefficient (Wildman–Crippen LogP) is 4.89. The van der Waals surface area contributed by atoms with E-state index in [2.05, 4.69) is 20.8 Å². The molecule has 3 aromatic carbocycles. The van der Waals surface area contributed by atoms with Crippen molar-refractivity contribution >= 4 is 28.3 Å². The van der Waals surface area contributed by atoms with Crippen molar-refractivity contribution in [2.45, 2.75) is 25.8 Å². The van der Waals surface area contributed by atoms with E-state index in [1.165, 1.54) is 23.5 Å². The van der Waals surface area contributed by atoms with E-state index in [1.54, 1.807) is 24.3 Å². The molecule has 0 aliphatic carbocycles. The van der Waals surface area contributed by atoms with E-state index >= 15 is 0 Å². The van der Waals surface area contributed by atoms with Crippen molar-refractivity contribution < 1.29 is 14.0 Å². The van der Waals surface area contributed by atoms with Crippen molar-refractivity contribution in [3.63, 3.8) is 0 Å². The third kappa shape index (κ3) is 5.90. The molecule has 172 valence electrons. The average molecular weight is 475 g/mol. The highest BCUT2D eigenvalue weighted by atomic mass is 32.1. The number of anilines is 1. The van der Waals surface area contributed by atoms with Gasteiger partial charge in [0.05, 0.1) is 0 Å². The van der Waals surface area contributed by atoms with Crippen LogP contribution in [-0.4, -0.2) is 28.1 Å². The lowest BCUT2D eigenvalue weighted by Crippen LogP contribution is -2.45. The van der Waals surface area contributed by atoms with Crippen LogP contribution in [0.2, 0.25) is 0 Å². The first-order valence-corrected chi connectivity index (χ1v) is 11.7. The molecular weight excluding hydrogens is 451 g/mol. The Morgan fingerprint density at radius 2 is 1.62 bits per heavy atom. The second-order valence-electron chi connectivity index (χ2n) is 7.67. The Kier molecular flexibility index (Phi) is 7.39. The summed E-state index contributed by atoms with van der Waals surface area (Å²) in [6.07, 6.45) is 1.19. The highest BCUT2D eigenvalue weighted by Crippen LogP contribution is 2.26. The number of hydrogen-bond acceptors (Lipinski definition) is 5. The summed E-state index contributed by atoms with van der Waals surface area (Å²) in [5, 5.41) is 14.6. The van der Waals surface area contributed by atoms with E-state index in [0.29, 0.717) is 27.7 Å². The topological polar surface area (TPSA) is 84.0 Å². The second-order valence-corrected chi connectivity index (χ2v) is 8.65. The van der Waals surface area contributed by atoms with E-state index in [0.717, 1.165) is 17.5 Å². The van der Waals surface area contributed by atoms with Crippen LogP contribution in [0.1, 0.15) is 28.4 Å². The van der Waals surface area contributed by atoms with Crippen molar-refractivity contribution in [2.75, 3.05) is 5.32 Å². The van der Waals surface area contributed by atoms with E-state index in [4.69, 9.17) is 0 Å². The molecule has 2 amide bonds.